The predicted octanol–water partition coefficient (Wildman–Crippen LogP) is 2.70. The van der Waals surface area contributed by atoms with Crippen molar-refractivity contribution < 1.29 is 15.0 Å². The molecule has 0 saturated carbocycles. The third-order valence-corrected chi connectivity index (χ3v) is 2.54. The molecule has 0 amide bonds. The van der Waals surface area contributed by atoms with Crippen LogP contribution in [0.4, 0.5) is 5.69 Å². The van der Waals surface area contributed by atoms with Gasteiger partial charge < -0.3 is 15.5 Å². The van der Waals surface area contributed by atoms with Crippen LogP contribution in [0.2, 0.25) is 0 Å². The van der Waals surface area contributed by atoms with E-state index in [4.69, 9.17) is 10.2 Å². The first-order chi connectivity index (χ1) is 8.65. The van der Waals surface area contributed by atoms with Crippen LogP contribution in [0.25, 0.3) is 0 Å². The summed E-state index contributed by atoms with van der Waals surface area (Å²) in [6, 6.07) is 13.5. The summed E-state index contributed by atoms with van der Waals surface area (Å²) in [4.78, 5) is 10.8. The van der Waals surface area contributed by atoms with E-state index in [9.17, 15) is 4.79 Å². The number of aromatic carboxylic acids is 1. The fourth-order valence-electron chi connectivity index (χ4n) is 1.58. The third-order valence-electron chi connectivity index (χ3n) is 2.54. The van der Waals surface area contributed by atoms with E-state index >= 15 is 0 Å². The predicted molar refractivity (Wildman–Crippen MR) is 68.8 cm³/mol. The van der Waals surface area contributed by atoms with E-state index in [1.165, 1.54) is 0 Å². The average molecular weight is 243 g/mol. The molecule has 2 rings (SSSR count). The van der Waals surface area contributed by atoms with Gasteiger partial charge in [-0.3, -0.25) is 0 Å². The molecule has 0 radical (unpaired) electrons. The Kier molecular flexibility index (Phi) is 3.48. The molecule has 92 valence electrons. The minimum absolute atomic E-state index is 0.228. The van der Waals surface area contributed by atoms with Gasteiger partial charge in [0.25, 0.3) is 0 Å². The van der Waals surface area contributed by atoms with E-state index in [1.54, 1.807) is 30.3 Å². The van der Waals surface area contributed by atoms with Crippen molar-refractivity contribution in [2.45, 2.75) is 6.54 Å². The maximum absolute atomic E-state index is 10.8. The second-order valence-corrected chi connectivity index (χ2v) is 3.91. The smallest absolute Gasteiger partial charge is 0.335 e. The minimum atomic E-state index is -0.941. The van der Waals surface area contributed by atoms with Gasteiger partial charge >= 0.3 is 5.97 Å². The second-order valence-electron chi connectivity index (χ2n) is 3.91. The number of carboxylic acids is 1. The standard InChI is InChI=1S/C14H13NO3/c16-13-6-4-10(5-7-13)9-15-12-3-1-2-11(8-12)14(17)18/h1-8,15-16H,9H2,(H,17,18). The first-order valence-electron chi connectivity index (χ1n) is 5.50. The topological polar surface area (TPSA) is 69.6 Å². The average Bonchev–Trinajstić information content (AvgIpc) is 2.38. The quantitative estimate of drug-likeness (QED) is 0.772. The molecule has 18 heavy (non-hydrogen) atoms. The maximum Gasteiger partial charge on any atom is 0.335 e. The van der Waals surface area contributed by atoms with Crippen molar-refractivity contribution in [3.05, 3.63) is 59.7 Å². The number of phenols is 1. The Labute approximate surface area is 105 Å². The number of rotatable bonds is 4. The van der Waals surface area contributed by atoms with Gasteiger partial charge in [-0.15, -0.1) is 0 Å². The number of phenolic OH excluding ortho intramolecular Hbond substituents is 1. The van der Waals surface area contributed by atoms with E-state index < -0.39 is 5.97 Å². The van der Waals surface area contributed by atoms with Gasteiger partial charge in [-0.25, -0.2) is 4.79 Å². The maximum atomic E-state index is 10.8. The first kappa shape index (κ1) is 12.0. The number of carbonyl (C=O) groups is 1. The fourth-order valence-corrected chi connectivity index (χ4v) is 1.58. The SMILES string of the molecule is O=C(O)c1cccc(NCc2ccc(O)cc2)c1. The summed E-state index contributed by atoms with van der Waals surface area (Å²) in [6.07, 6.45) is 0. The fraction of sp³-hybridized carbons (Fsp3) is 0.0714. The van der Waals surface area contributed by atoms with Crippen LogP contribution in [0.15, 0.2) is 48.5 Å². The van der Waals surface area contributed by atoms with Crippen molar-refractivity contribution in [1.82, 2.24) is 0 Å². The molecule has 2 aromatic rings. The van der Waals surface area contributed by atoms with Crippen molar-refractivity contribution in [1.29, 1.82) is 0 Å². The summed E-state index contributed by atoms with van der Waals surface area (Å²) < 4.78 is 0. The highest BCUT2D eigenvalue weighted by Crippen LogP contribution is 2.14. The number of carboxylic acid groups (broad SMARTS) is 1. The Balaban J connectivity index is 2.04. The van der Waals surface area contributed by atoms with E-state index in [0.29, 0.717) is 6.54 Å². The van der Waals surface area contributed by atoms with Crippen LogP contribution in [0.3, 0.4) is 0 Å². The van der Waals surface area contributed by atoms with Gasteiger partial charge in [0.15, 0.2) is 0 Å². The summed E-state index contributed by atoms with van der Waals surface area (Å²) in [6.45, 7) is 0.573. The zero-order valence-electron chi connectivity index (χ0n) is 9.63. The van der Waals surface area contributed by atoms with Crippen molar-refractivity contribution in [3.63, 3.8) is 0 Å². The summed E-state index contributed by atoms with van der Waals surface area (Å²) in [5.74, 6) is -0.713. The van der Waals surface area contributed by atoms with Crippen LogP contribution >= 0.6 is 0 Å². The van der Waals surface area contributed by atoms with Gasteiger partial charge in [-0.05, 0) is 35.9 Å². The van der Waals surface area contributed by atoms with Crippen LogP contribution in [-0.4, -0.2) is 16.2 Å². The highest BCUT2D eigenvalue weighted by atomic mass is 16.4. The normalized spacial score (nSPS) is 10.0. The number of benzene rings is 2. The summed E-state index contributed by atoms with van der Waals surface area (Å²) in [7, 11) is 0. The van der Waals surface area contributed by atoms with Crippen molar-refractivity contribution in [2.75, 3.05) is 5.32 Å². The molecule has 3 N–H and O–H groups in total. The molecule has 0 saturated heterocycles. The van der Waals surface area contributed by atoms with Crippen LogP contribution in [0.1, 0.15) is 15.9 Å². The molecular formula is C14H13NO3. The molecule has 4 heteroatoms. The lowest BCUT2D eigenvalue weighted by Crippen LogP contribution is -2.01. The van der Waals surface area contributed by atoms with Crippen molar-refractivity contribution in [3.8, 4) is 5.75 Å². The van der Waals surface area contributed by atoms with Gasteiger partial charge in [0.2, 0.25) is 0 Å². The summed E-state index contributed by atoms with van der Waals surface area (Å²) in [5.41, 5.74) is 2.02. The number of hydrogen-bond acceptors (Lipinski definition) is 3. The Morgan fingerprint density at radius 2 is 1.83 bits per heavy atom. The summed E-state index contributed by atoms with van der Waals surface area (Å²) in [5, 5.41) is 21.2. The molecule has 0 bridgehead atoms. The second kappa shape index (κ2) is 5.23. The number of anilines is 1. The van der Waals surface area contributed by atoms with Gasteiger partial charge in [-0.1, -0.05) is 18.2 Å². The number of aromatic hydroxyl groups is 1. The zero-order chi connectivity index (χ0) is 13.0. The lowest BCUT2D eigenvalue weighted by molar-refractivity contribution is 0.0697. The van der Waals surface area contributed by atoms with Gasteiger partial charge in [-0.2, -0.15) is 0 Å². The highest BCUT2D eigenvalue weighted by molar-refractivity contribution is 5.88. The molecular weight excluding hydrogens is 230 g/mol. The van der Waals surface area contributed by atoms with Gasteiger partial charge in [0, 0.05) is 12.2 Å². The summed E-state index contributed by atoms with van der Waals surface area (Å²) >= 11 is 0. The zero-order valence-corrected chi connectivity index (χ0v) is 9.63. The molecule has 0 fully saturated rings. The molecule has 0 heterocycles. The number of nitrogens with one attached hydrogen (secondary N) is 1. The molecule has 0 aliphatic carbocycles. The minimum Gasteiger partial charge on any atom is -0.508 e. The highest BCUT2D eigenvalue weighted by Gasteiger charge is 2.02. The molecule has 0 aromatic heterocycles. The Bertz CT molecular complexity index is 549. The third kappa shape index (κ3) is 3.01. The van der Waals surface area contributed by atoms with E-state index in [1.807, 2.05) is 18.2 Å². The monoisotopic (exact) mass is 243 g/mol. The number of hydrogen-bond donors (Lipinski definition) is 3. The van der Waals surface area contributed by atoms with Gasteiger partial charge in [0.1, 0.15) is 5.75 Å². The largest absolute Gasteiger partial charge is 0.508 e. The lowest BCUT2D eigenvalue weighted by atomic mass is 10.2. The van der Waals surface area contributed by atoms with Crippen molar-refractivity contribution in [2.24, 2.45) is 0 Å². The molecule has 0 aliphatic heterocycles. The molecule has 0 spiro atoms. The van der Waals surface area contributed by atoms with E-state index in [0.717, 1.165) is 11.3 Å². The van der Waals surface area contributed by atoms with Crippen LogP contribution in [-0.2, 0) is 6.54 Å². The molecule has 4 nitrogen and oxygen atoms in total. The molecule has 0 unspecified atom stereocenters. The van der Waals surface area contributed by atoms with Crippen molar-refractivity contribution >= 4 is 11.7 Å². The first-order valence-corrected chi connectivity index (χ1v) is 5.50. The molecule has 0 aliphatic rings. The van der Waals surface area contributed by atoms with Gasteiger partial charge in [0.05, 0.1) is 5.56 Å². The molecule has 0 atom stereocenters. The van der Waals surface area contributed by atoms with Crippen LogP contribution < -0.4 is 5.32 Å². The lowest BCUT2D eigenvalue weighted by Gasteiger charge is -2.07. The molecule has 2 aromatic carbocycles. The Morgan fingerprint density at radius 1 is 1.11 bits per heavy atom. The van der Waals surface area contributed by atoms with Crippen LogP contribution in [0, 0.1) is 0 Å². The Morgan fingerprint density at radius 3 is 2.50 bits per heavy atom. The van der Waals surface area contributed by atoms with Crippen LogP contribution in [0.5, 0.6) is 5.75 Å². The van der Waals surface area contributed by atoms with E-state index in [2.05, 4.69) is 5.32 Å². The van der Waals surface area contributed by atoms with E-state index in [-0.39, 0.29) is 11.3 Å². The Hall–Kier alpha value is -2.49.